The molecule has 1 unspecified atom stereocenters. The third-order valence-corrected chi connectivity index (χ3v) is 3.62. The molecule has 2 aromatic heterocycles. The van der Waals surface area contributed by atoms with Crippen LogP contribution in [0.1, 0.15) is 16.5 Å². The van der Waals surface area contributed by atoms with Gasteiger partial charge in [-0.2, -0.15) is 0 Å². The van der Waals surface area contributed by atoms with Crippen molar-refractivity contribution >= 4 is 22.4 Å². The summed E-state index contributed by atoms with van der Waals surface area (Å²) in [7, 11) is 0. The van der Waals surface area contributed by atoms with Crippen LogP contribution in [0.15, 0.2) is 42.7 Å². The average Bonchev–Trinajstić information content (AvgIpc) is 2.93. The van der Waals surface area contributed by atoms with Crippen molar-refractivity contribution in [1.82, 2.24) is 14.6 Å². The van der Waals surface area contributed by atoms with E-state index in [4.69, 9.17) is 0 Å². The predicted molar refractivity (Wildman–Crippen MR) is 70.3 cm³/mol. The lowest BCUT2D eigenvalue weighted by Crippen LogP contribution is -2.00. The molecule has 1 N–H and O–H groups in total. The molecular formula is C13H11N3OS. The van der Waals surface area contributed by atoms with Crippen LogP contribution in [0, 0.1) is 0 Å². The van der Waals surface area contributed by atoms with Crippen molar-refractivity contribution < 1.29 is 5.11 Å². The zero-order valence-electron chi connectivity index (χ0n) is 9.52. The first-order chi connectivity index (χ1) is 8.84. The van der Waals surface area contributed by atoms with Crippen LogP contribution in [-0.2, 0) is 6.42 Å². The van der Waals surface area contributed by atoms with E-state index in [0.29, 0.717) is 6.42 Å². The average molecular weight is 257 g/mol. The van der Waals surface area contributed by atoms with Crippen LogP contribution in [0.4, 0.5) is 0 Å². The highest BCUT2D eigenvalue weighted by molar-refractivity contribution is 7.05. The van der Waals surface area contributed by atoms with Gasteiger partial charge in [-0.1, -0.05) is 22.7 Å². The smallest absolute Gasteiger partial charge is 0.0954 e. The highest BCUT2D eigenvalue weighted by Gasteiger charge is 2.12. The molecule has 3 aromatic rings. The summed E-state index contributed by atoms with van der Waals surface area (Å²) >= 11 is 1.23. The maximum Gasteiger partial charge on any atom is 0.0954 e. The Kier molecular flexibility index (Phi) is 3.00. The maximum atomic E-state index is 10.1. The second-order valence-electron chi connectivity index (χ2n) is 4.03. The van der Waals surface area contributed by atoms with Crippen molar-refractivity contribution in [2.24, 2.45) is 0 Å². The van der Waals surface area contributed by atoms with E-state index in [1.165, 1.54) is 11.5 Å². The SMILES string of the molecule is OC(Cc1ccnc2ccccc12)c1cnns1. The lowest BCUT2D eigenvalue weighted by Gasteiger charge is -2.09. The largest absolute Gasteiger partial charge is 0.387 e. The van der Waals surface area contributed by atoms with Gasteiger partial charge < -0.3 is 5.11 Å². The first-order valence-electron chi connectivity index (χ1n) is 5.62. The summed E-state index contributed by atoms with van der Waals surface area (Å²) in [4.78, 5) is 5.10. The van der Waals surface area contributed by atoms with Crippen LogP contribution in [0.3, 0.4) is 0 Å². The van der Waals surface area contributed by atoms with Crippen molar-refractivity contribution in [2.75, 3.05) is 0 Å². The summed E-state index contributed by atoms with van der Waals surface area (Å²) in [5.74, 6) is 0. The van der Waals surface area contributed by atoms with Crippen molar-refractivity contribution in [3.8, 4) is 0 Å². The summed E-state index contributed by atoms with van der Waals surface area (Å²) in [6.45, 7) is 0. The quantitative estimate of drug-likeness (QED) is 0.782. The Bertz CT molecular complexity index is 649. The molecule has 1 aromatic carbocycles. The lowest BCUT2D eigenvalue weighted by molar-refractivity contribution is 0.182. The standard InChI is InChI=1S/C13H11N3OS/c17-12(13-8-15-16-18-13)7-9-5-6-14-11-4-2-1-3-10(9)11/h1-6,8,12,17H,7H2. The van der Waals surface area contributed by atoms with Crippen LogP contribution in [-0.4, -0.2) is 19.7 Å². The molecule has 5 heteroatoms. The van der Waals surface area contributed by atoms with Crippen LogP contribution in [0.5, 0.6) is 0 Å². The topological polar surface area (TPSA) is 58.9 Å². The number of nitrogens with zero attached hydrogens (tertiary/aromatic N) is 3. The number of para-hydroxylation sites is 1. The molecule has 0 spiro atoms. The van der Waals surface area contributed by atoms with E-state index in [9.17, 15) is 5.11 Å². The first kappa shape index (κ1) is 11.3. The van der Waals surface area contributed by atoms with E-state index in [-0.39, 0.29) is 0 Å². The van der Waals surface area contributed by atoms with Gasteiger partial charge in [-0.05, 0) is 29.2 Å². The van der Waals surface area contributed by atoms with E-state index in [2.05, 4.69) is 14.6 Å². The molecule has 1 atom stereocenters. The molecule has 18 heavy (non-hydrogen) atoms. The predicted octanol–water partition coefficient (Wildman–Crippen LogP) is 2.36. The Balaban J connectivity index is 1.95. The molecule has 90 valence electrons. The third-order valence-electron chi connectivity index (χ3n) is 2.86. The van der Waals surface area contributed by atoms with Crippen LogP contribution >= 0.6 is 11.5 Å². The fourth-order valence-electron chi connectivity index (χ4n) is 1.96. The van der Waals surface area contributed by atoms with Gasteiger partial charge in [0, 0.05) is 18.0 Å². The molecule has 4 nitrogen and oxygen atoms in total. The van der Waals surface area contributed by atoms with Gasteiger partial charge in [-0.15, -0.1) is 5.10 Å². The van der Waals surface area contributed by atoms with Crippen LogP contribution in [0.25, 0.3) is 10.9 Å². The molecule has 0 saturated carbocycles. The van der Waals surface area contributed by atoms with E-state index in [1.54, 1.807) is 12.4 Å². The molecule has 0 radical (unpaired) electrons. The molecule has 0 bridgehead atoms. The molecule has 0 aliphatic rings. The molecule has 3 rings (SSSR count). The molecule has 0 saturated heterocycles. The number of pyridine rings is 1. The van der Waals surface area contributed by atoms with Gasteiger partial charge in [-0.25, -0.2) is 0 Å². The lowest BCUT2D eigenvalue weighted by atomic mass is 10.0. The number of benzene rings is 1. The van der Waals surface area contributed by atoms with Gasteiger partial charge >= 0.3 is 0 Å². The Labute approximate surface area is 108 Å². The highest BCUT2D eigenvalue weighted by Crippen LogP contribution is 2.24. The summed E-state index contributed by atoms with van der Waals surface area (Å²) in [5, 5.41) is 15.0. The number of rotatable bonds is 3. The fraction of sp³-hybridized carbons (Fsp3) is 0.154. The van der Waals surface area contributed by atoms with E-state index in [1.807, 2.05) is 30.3 Å². The molecule has 2 heterocycles. The summed E-state index contributed by atoms with van der Waals surface area (Å²) < 4.78 is 3.77. The minimum absolute atomic E-state index is 0.549. The zero-order valence-corrected chi connectivity index (χ0v) is 10.3. The normalized spacial score (nSPS) is 12.7. The number of aromatic nitrogens is 3. The van der Waals surface area contributed by atoms with Crippen LogP contribution in [0.2, 0.25) is 0 Å². The molecule has 0 aliphatic carbocycles. The second-order valence-corrected chi connectivity index (χ2v) is 4.84. The van der Waals surface area contributed by atoms with E-state index >= 15 is 0 Å². The van der Waals surface area contributed by atoms with Gasteiger partial charge in [0.05, 0.1) is 22.7 Å². The highest BCUT2D eigenvalue weighted by atomic mass is 32.1. The molecular weight excluding hydrogens is 246 g/mol. The molecule has 0 aliphatic heterocycles. The van der Waals surface area contributed by atoms with E-state index in [0.717, 1.165) is 21.3 Å². The minimum atomic E-state index is -0.559. The van der Waals surface area contributed by atoms with Crippen molar-refractivity contribution in [3.05, 3.63) is 53.2 Å². The summed E-state index contributed by atoms with van der Waals surface area (Å²) in [6, 6.07) is 9.88. The zero-order chi connectivity index (χ0) is 12.4. The van der Waals surface area contributed by atoms with Crippen molar-refractivity contribution in [3.63, 3.8) is 0 Å². The number of hydrogen-bond donors (Lipinski definition) is 1. The Morgan fingerprint density at radius 2 is 2.11 bits per heavy atom. The monoisotopic (exact) mass is 257 g/mol. The number of aliphatic hydroxyl groups is 1. The van der Waals surface area contributed by atoms with Gasteiger partial charge in [0.1, 0.15) is 0 Å². The first-order valence-corrected chi connectivity index (χ1v) is 6.40. The third kappa shape index (κ3) is 2.10. The maximum absolute atomic E-state index is 10.1. The molecule has 0 fully saturated rings. The molecule has 0 amide bonds. The van der Waals surface area contributed by atoms with Crippen molar-refractivity contribution in [2.45, 2.75) is 12.5 Å². The van der Waals surface area contributed by atoms with E-state index < -0.39 is 6.10 Å². The Morgan fingerprint density at radius 1 is 1.22 bits per heavy atom. The Morgan fingerprint density at radius 3 is 2.94 bits per heavy atom. The van der Waals surface area contributed by atoms with Crippen molar-refractivity contribution in [1.29, 1.82) is 0 Å². The van der Waals surface area contributed by atoms with Gasteiger partial charge in [0.15, 0.2) is 0 Å². The second kappa shape index (κ2) is 4.80. The Hall–Kier alpha value is -1.85. The number of fused-ring (bicyclic) bond motifs is 1. The van der Waals surface area contributed by atoms with Gasteiger partial charge in [0.2, 0.25) is 0 Å². The van der Waals surface area contributed by atoms with Gasteiger partial charge in [0.25, 0.3) is 0 Å². The number of aliphatic hydroxyl groups excluding tert-OH is 1. The minimum Gasteiger partial charge on any atom is -0.387 e. The van der Waals surface area contributed by atoms with Crippen LogP contribution < -0.4 is 0 Å². The number of hydrogen-bond acceptors (Lipinski definition) is 5. The summed E-state index contributed by atoms with van der Waals surface area (Å²) in [6.07, 6.45) is 3.37. The summed E-state index contributed by atoms with van der Waals surface area (Å²) in [5.41, 5.74) is 2.03. The fourth-order valence-corrected chi connectivity index (χ4v) is 2.45. The van der Waals surface area contributed by atoms with Gasteiger partial charge in [-0.3, -0.25) is 4.98 Å².